The summed E-state index contributed by atoms with van der Waals surface area (Å²) >= 11 is 1.36. The van der Waals surface area contributed by atoms with E-state index in [-0.39, 0.29) is 16.6 Å². The number of aromatic nitrogens is 4. The summed E-state index contributed by atoms with van der Waals surface area (Å²) in [6.45, 7) is 2.09. The van der Waals surface area contributed by atoms with Gasteiger partial charge in [-0.25, -0.2) is 15.0 Å². The molecule has 0 spiro atoms. The maximum atomic E-state index is 13.5. The number of aromatic amines is 1. The molecule has 4 N–H and O–H groups in total. The van der Waals surface area contributed by atoms with E-state index in [0.717, 1.165) is 24.3 Å². The molecule has 0 aliphatic carbocycles. The van der Waals surface area contributed by atoms with E-state index < -0.39 is 35.6 Å². The van der Waals surface area contributed by atoms with Crippen molar-refractivity contribution in [2.75, 3.05) is 38.5 Å². The monoisotopic (exact) mass is 614 g/mol. The average molecular weight is 615 g/mol. The second-order valence-electron chi connectivity index (χ2n) is 9.73. The number of hydrogen-bond donors (Lipinski definition) is 2. The number of halogens is 6. The largest absolute Gasteiger partial charge is 0.416 e. The number of aliphatic hydroxyl groups is 1. The molecule has 1 fully saturated rings. The lowest BCUT2D eigenvalue weighted by molar-refractivity contribution is -0.138. The normalized spacial score (nSPS) is 16.1. The third-order valence-corrected chi connectivity index (χ3v) is 8.04. The van der Waals surface area contributed by atoms with Gasteiger partial charge in [0.25, 0.3) is 0 Å². The Morgan fingerprint density at radius 2 is 1.45 bits per heavy atom. The number of aliphatic hydroxyl groups excluding tert-OH is 1. The smallest absolute Gasteiger partial charge is 0.412 e. The highest BCUT2D eigenvalue weighted by atomic mass is 32.2. The molecule has 0 amide bonds. The molecule has 0 bridgehead atoms. The van der Waals surface area contributed by atoms with Crippen LogP contribution in [0.4, 0.5) is 26.3 Å². The predicted molar refractivity (Wildman–Crippen MR) is 145 cm³/mol. The van der Waals surface area contributed by atoms with Crippen LogP contribution >= 0.6 is 11.8 Å². The average Bonchev–Trinajstić information content (AvgIpc) is 3.42. The zero-order chi connectivity index (χ0) is 29.2. The number of nitrogens with one attached hydrogen (secondary N) is 1. The number of rotatable bonds is 8. The number of alkyl halides is 6. The maximum Gasteiger partial charge on any atom is 0.416 e. The Labute approximate surface area is 241 Å². The van der Waals surface area contributed by atoms with Crippen molar-refractivity contribution in [1.82, 2.24) is 29.7 Å². The number of β-amino-alcohol motifs (C(OH)–C–C–N with tert-alkyl or cyclic N) is 1. The summed E-state index contributed by atoms with van der Waals surface area (Å²) in [4.78, 5) is 19.3. The number of fused-ring (bicyclic) bond motifs is 1. The molecule has 8 nitrogen and oxygen atoms in total. The molecule has 0 radical (unpaired) electrons. The Hall–Kier alpha value is -3.24. The van der Waals surface area contributed by atoms with E-state index in [4.69, 9.17) is 0 Å². The van der Waals surface area contributed by atoms with E-state index in [9.17, 15) is 31.4 Å². The third kappa shape index (κ3) is 7.39. The lowest BCUT2D eigenvalue weighted by Crippen LogP contribution is -2.50. The van der Waals surface area contributed by atoms with Gasteiger partial charge in [-0.2, -0.15) is 26.3 Å². The first-order chi connectivity index (χ1) is 19.5. The van der Waals surface area contributed by atoms with Gasteiger partial charge in [0.1, 0.15) is 16.9 Å². The molecule has 5 rings (SSSR count). The van der Waals surface area contributed by atoms with Gasteiger partial charge in [-0.1, -0.05) is 24.3 Å². The molecule has 4 aromatic rings. The molecular formula is C27H28F6N6O2S. The molecule has 3 heterocycles. The number of nitrogens with zero attached hydrogens (tertiary/aromatic N) is 5. The summed E-state index contributed by atoms with van der Waals surface area (Å²) in [5.74, 6) is 0.364. The van der Waals surface area contributed by atoms with Crippen LogP contribution in [0.2, 0.25) is 0 Å². The lowest BCUT2D eigenvalue weighted by Gasteiger charge is -2.40. The van der Waals surface area contributed by atoms with Gasteiger partial charge in [0.15, 0.2) is 5.65 Å². The number of benzene rings is 2. The van der Waals surface area contributed by atoms with Crippen molar-refractivity contribution in [2.45, 2.75) is 29.5 Å². The highest BCUT2D eigenvalue weighted by Gasteiger charge is 2.35. The predicted octanol–water partition coefficient (Wildman–Crippen LogP) is 4.43. The maximum absolute atomic E-state index is 13.5. The van der Waals surface area contributed by atoms with Crippen molar-refractivity contribution < 1.29 is 36.9 Å². The van der Waals surface area contributed by atoms with Crippen molar-refractivity contribution in [3.8, 4) is 0 Å². The van der Waals surface area contributed by atoms with E-state index in [0.29, 0.717) is 54.7 Å². The second-order valence-corrected chi connectivity index (χ2v) is 10.7. The first-order valence-electron chi connectivity index (χ1n) is 12.7. The van der Waals surface area contributed by atoms with Gasteiger partial charge in [-0.3, -0.25) is 9.80 Å². The Morgan fingerprint density at radius 3 is 2.02 bits per heavy atom. The highest BCUT2D eigenvalue weighted by Crippen LogP contribution is 2.37. The molecule has 1 aliphatic heterocycles. The van der Waals surface area contributed by atoms with E-state index >= 15 is 0 Å². The summed E-state index contributed by atoms with van der Waals surface area (Å²) < 4.78 is 81.0. The molecule has 1 atom stereocenters. The number of hydrogen-bond acceptors (Lipinski definition) is 7. The van der Waals surface area contributed by atoms with E-state index in [2.05, 4.69) is 19.9 Å². The van der Waals surface area contributed by atoms with Crippen molar-refractivity contribution >= 4 is 22.9 Å². The number of imidazole rings is 1. The van der Waals surface area contributed by atoms with Crippen molar-refractivity contribution in [2.24, 2.45) is 0 Å². The zero-order valence-electron chi connectivity index (χ0n) is 22.0. The Balaban J connectivity index is 0.00000405. The molecule has 226 valence electrons. The molecule has 0 saturated carbocycles. The van der Waals surface area contributed by atoms with Gasteiger partial charge in [-0.05, 0) is 35.4 Å². The minimum atomic E-state index is -4.59. The molecule has 42 heavy (non-hydrogen) atoms. The molecule has 2 aromatic heterocycles. The van der Waals surface area contributed by atoms with E-state index in [1.165, 1.54) is 48.7 Å². The first kappa shape index (κ1) is 31.7. The summed E-state index contributed by atoms with van der Waals surface area (Å²) in [5.41, 5.74) is 0.0282. The van der Waals surface area contributed by atoms with Gasteiger partial charge in [-0.15, -0.1) is 11.8 Å². The number of thioether (sulfide) groups is 1. The second kappa shape index (κ2) is 13.0. The quantitative estimate of drug-likeness (QED) is 0.172. The van der Waals surface area contributed by atoms with Crippen molar-refractivity contribution in [3.63, 3.8) is 0 Å². The SMILES string of the molecule is O.OC(CSc1ncnc2nc[nH]c12)CN1CCN(C(c2cccc(C(F)(F)F)c2)c2cccc(C(F)(F)F)c2)CC1. The topological polar surface area (TPSA) is 113 Å². The summed E-state index contributed by atoms with van der Waals surface area (Å²) in [5, 5.41) is 11.3. The highest BCUT2D eigenvalue weighted by molar-refractivity contribution is 7.99. The Kier molecular flexibility index (Phi) is 9.77. The van der Waals surface area contributed by atoms with Crippen LogP contribution in [-0.4, -0.2) is 84.9 Å². The van der Waals surface area contributed by atoms with Crippen molar-refractivity contribution in [1.29, 1.82) is 0 Å². The lowest BCUT2D eigenvalue weighted by atomic mass is 9.93. The fourth-order valence-electron chi connectivity index (χ4n) is 4.97. The van der Waals surface area contributed by atoms with Crippen LogP contribution in [-0.2, 0) is 12.4 Å². The molecule has 15 heteroatoms. The van der Waals surface area contributed by atoms with Gasteiger partial charge in [0.05, 0.1) is 29.6 Å². The fourth-order valence-corrected chi connectivity index (χ4v) is 5.84. The molecule has 1 unspecified atom stereocenters. The van der Waals surface area contributed by atoms with Crippen LogP contribution in [0.25, 0.3) is 11.2 Å². The van der Waals surface area contributed by atoms with Crippen LogP contribution in [0, 0.1) is 0 Å². The minimum absolute atomic E-state index is 0. The van der Waals surface area contributed by atoms with Gasteiger partial charge >= 0.3 is 12.4 Å². The van der Waals surface area contributed by atoms with E-state index in [1.807, 2.05) is 9.80 Å². The van der Waals surface area contributed by atoms with Crippen LogP contribution in [0.1, 0.15) is 28.3 Å². The van der Waals surface area contributed by atoms with Crippen LogP contribution in [0.15, 0.2) is 66.2 Å². The zero-order valence-corrected chi connectivity index (χ0v) is 22.8. The molecule has 1 saturated heterocycles. The Morgan fingerprint density at radius 1 is 0.857 bits per heavy atom. The van der Waals surface area contributed by atoms with Crippen molar-refractivity contribution in [3.05, 3.63) is 83.4 Å². The first-order valence-corrected chi connectivity index (χ1v) is 13.7. The summed E-state index contributed by atoms with van der Waals surface area (Å²) in [7, 11) is 0. The van der Waals surface area contributed by atoms with Gasteiger partial charge < -0.3 is 15.6 Å². The third-order valence-electron chi connectivity index (χ3n) is 6.90. The molecule has 2 aromatic carbocycles. The van der Waals surface area contributed by atoms with E-state index in [1.54, 1.807) is 0 Å². The standard InChI is InChI=1S/C27H26F6N6OS.H2O/c28-26(29,30)19-5-1-3-17(11-19)23(18-4-2-6-20(12-18)27(31,32)33)39-9-7-38(8-10-39)13-21(40)14-41-25-22-24(35-15-34-22)36-16-37-25;/h1-6,11-12,15-16,21,23,40H,7-10,13-14H2,(H,34,35,36,37);1H2. The van der Waals surface area contributed by atoms with Gasteiger partial charge in [0.2, 0.25) is 0 Å². The summed E-state index contributed by atoms with van der Waals surface area (Å²) in [6, 6.07) is 8.66. The Bertz CT molecular complexity index is 1420. The molecular weight excluding hydrogens is 586 g/mol. The minimum Gasteiger partial charge on any atom is -0.412 e. The molecule has 1 aliphatic rings. The van der Waals surface area contributed by atoms with Crippen LogP contribution < -0.4 is 0 Å². The summed E-state index contributed by atoms with van der Waals surface area (Å²) in [6.07, 6.45) is -6.94. The van der Waals surface area contributed by atoms with Crippen LogP contribution in [0.5, 0.6) is 0 Å². The number of H-pyrrole nitrogens is 1. The van der Waals surface area contributed by atoms with Crippen LogP contribution in [0.3, 0.4) is 0 Å². The number of piperazine rings is 1. The fraction of sp³-hybridized carbons (Fsp3) is 0.370. The van der Waals surface area contributed by atoms with Gasteiger partial charge in [0, 0.05) is 38.5 Å².